The van der Waals surface area contributed by atoms with Crippen molar-refractivity contribution < 1.29 is 9.47 Å². The van der Waals surface area contributed by atoms with Crippen LogP contribution in [0.15, 0.2) is 28.7 Å². The molecule has 0 saturated carbocycles. The van der Waals surface area contributed by atoms with Gasteiger partial charge in [-0.05, 0) is 36.6 Å². The molecule has 3 heteroatoms. The van der Waals surface area contributed by atoms with E-state index in [1.165, 1.54) is 25.7 Å². The third-order valence-electron chi connectivity index (χ3n) is 3.21. The smallest absolute Gasteiger partial charge is 0.119 e. The molecule has 0 radical (unpaired) electrons. The maximum absolute atomic E-state index is 5.69. The van der Waals surface area contributed by atoms with Crippen molar-refractivity contribution >= 4 is 15.9 Å². The topological polar surface area (TPSA) is 18.5 Å². The molecule has 1 aromatic rings. The molecule has 0 heterocycles. The number of benzene rings is 1. The third-order valence-corrected chi connectivity index (χ3v) is 3.74. The van der Waals surface area contributed by atoms with Crippen molar-refractivity contribution in [2.75, 3.05) is 19.8 Å². The molecule has 19 heavy (non-hydrogen) atoms. The average Bonchev–Trinajstić information content (AvgIpc) is 2.44. The number of unbranched alkanes of at least 4 members (excludes halogenated alkanes) is 1. The van der Waals surface area contributed by atoms with E-state index in [0.717, 1.165) is 16.8 Å². The summed E-state index contributed by atoms with van der Waals surface area (Å²) in [5, 5.41) is 0. The van der Waals surface area contributed by atoms with Crippen LogP contribution in [0.4, 0.5) is 0 Å². The number of rotatable bonds is 10. The lowest BCUT2D eigenvalue weighted by Gasteiger charge is -2.14. The Morgan fingerprint density at radius 3 is 2.47 bits per heavy atom. The Morgan fingerprint density at radius 1 is 1.11 bits per heavy atom. The van der Waals surface area contributed by atoms with E-state index < -0.39 is 0 Å². The number of halogens is 1. The number of hydrogen-bond donors (Lipinski definition) is 0. The summed E-state index contributed by atoms with van der Waals surface area (Å²) in [6.45, 7) is 6.62. The Morgan fingerprint density at radius 2 is 1.84 bits per heavy atom. The second kappa shape index (κ2) is 10.3. The predicted molar refractivity (Wildman–Crippen MR) is 83.8 cm³/mol. The van der Waals surface area contributed by atoms with Crippen LogP contribution in [-0.4, -0.2) is 19.8 Å². The minimum Gasteiger partial charge on any atom is -0.491 e. The van der Waals surface area contributed by atoms with Crippen molar-refractivity contribution in [3.05, 3.63) is 28.7 Å². The van der Waals surface area contributed by atoms with Gasteiger partial charge in [-0.3, -0.25) is 0 Å². The van der Waals surface area contributed by atoms with Gasteiger partial charge >= 0.3 is 0 Å². The zero-order chi connectivity index (χ0) is 13.9. The second-order valence-electron chi connectivity index (χ2n) is 4.79. The van der Waals surface area contributed by atoms with Crippen molar-refractivity contribution in [2.45, 2.75) is 39.5 Å². The fourth-order valence-electron chi connectivity index (χ4n) is 1.90. The van der Waals surface area contributed by atoms with Crippen molar-refractivity contribution in [1.82, 2.24) is 0 Å². The highest BCUT2D eigenvalue weighted by molar-refractivity contribution is 9.10. The highest BCUT2D eigenvalue weighted by Gasteiger charge is 2.05. The minimum absolute atomic E-state index is 0.617. The van der Waals surface area contributed by atoms with Gasteiger partial charge in [-0.15, -0.1) is 0 Å². The molecule has 0 amide bonds. The molecular weight excluding hydrogens is 304 g/mol. The average molecular weight is 329 g/mol. The van der Waals surface area contributed by atoms with Gasteiger partial charge in [0.1, 0.15) is 12.4 Å². The lowest BCUT2D eigenvalue weighted by molar-refractivity contribution is 0.0699. The summed E-state index contributed by atoms with van der Waals surface area (Å²) in [7, 11) is 0. The number of hydrogen-bond acceptors (Lipinski definition) is 2. The van der Waals surface area contributed by atoms with Crippen molar-refractivity contribution in [3.63, 3.8) is 0 Å². The van der Waals surface area contributed by atoms with Gasteiger partial charge in [-0.2, -0.15) is 0 Å². The molecule has 0 aliphatic rings. The van der Waals surface area contributed by atoms with E-state index in [2.05, 4.69) is 29.8 Å². The Kier molecular flexibility index (Phi) is 8.93. The highest BCUT2D eigenvalue weighted by atomic mass is 79.9. The summed E-state index contributed by atoms with van der Waals surface area (Å²) in [6, 6.07) is 7.88. The van der Waals surface area contributed by atoms with Crippen LogP contribution in [0.1, 0.15) is 39.5 Å². The SMILES string of the molecule is CCCCC(CC)COCCOc1ccc(Br)cc1. The Labute approximate surface area is 125 Å². The molecule has 1 unspecified atom stereocenters. The Balaban J connectivity index is 2.08. The molecule has 1 atom stereocenters. The maximum atomic E-state index is 5.69. The van der Waals surface area contributed by atoms with E-state index in [1.54, 1.807) is 0 Å². The summed E-state index contributed by atoms with van der Waals surface area (Å²) in [4.78, 5) is 0. The quantitative estimate of drug-likeness (QED) is 0.559. The van der Waals surface area contributed by atoms with E-state index in [-0.39, 0.29) is 0 Å². The molecule has 0 bridgehead atoms. The van der Waals surface area contributed by atoms with Crippen LogP contribution in [0.2, 0.25) is 0 Å². The molecule has 0 saturated heterocycles. The van der Waals surface area contributed by atoms with Crippen LogP contribution < -0.4 is 4.74 Å². The van der Waals surface area contributed by atoms with Gasteiger partial charge in [0.15, 0.2) is 0 Å². The van der Waals surface area contributed by atoms with Crippen LogP contribution in [-0.2, 0) is 4.74 Å². The molecule has 0 spiro atoms. The van der Waals surface area contributed by atoms with E-state index in [4.69, 9.17) is 9.47 Å². The summed E-state index contributed by atoms with van der Waals surface area (Å²) in [6.07, 6.45) is 5.05. The van der Waals surface area contributed by atoms with Crippen LogP contribution in [0, 0.1) is 5.92 Å². The lowest BCUT2D eigenvalue weighted by atomic mass is 10.0. The first kappa shape index (κ1) is 16.5. The summed E-state index contributed by atoms with van der Waals surface area (Å²) >= 11 is 3.40. The molecule has 0 N–H and O–H groups in total. The molecule has 1 rings (SSSR count). The van der Waals surface area contributed by atoms with Gasteiger partial charge in [0.2, 0.25) is 0 Å². The zero-order valence-electron chi connectivity index (χ0n) is 12.0. The van der Waals surface area contributed by atoms with Gasteiger partial charge in [0.05, 0.1) is 6.61 Å². The fraction of sp³-hybridized carbons (Fsp3) is 0.625. The summed E-state index contributed by atoms with van der Waals surface area (Å²) in [5.41, 5.74) is 0. The van der Waals surface area contributed by atoms with E-state index >= 15 is 0 Å². The molecule has 0 aromatic heterocycles. The summed E-state index contributed by atoms with van der Waals surface area (Å²) < 4.78 is 12.4. The normalized spacial score (nSPS) is 12.4. The monoisotopic (exact) mass is 328 g/mol. The fourth-order valence-corrected chi connectivity index (χ4v) is 2.16. The Bertz CT molecular complexity index is 324. The molecular formula is C16H25BrO2. The molecule has 0 aliphatic heterocycles. The van der Waals surface area contributed by atoms with Gasteiger partial charge in [0.25, 0.3) is 0 Å². The first-order valence-corrected chi connectivity index (χ1v) is 8.01. The molecule has 1 aromatic carbocycles. The molecule has 0 fully saturated rings. The van der Waals surface area contributed by atoms with Crippen molar-refractivity contribution in [1.29, 1.82) is 0 Å². The minimum atomic E-state index is 0.617. The van der Waals surface area contributed by atoms with Gasteiger partial charge in [-0.1, -0.05) is 49.0 Å². The van der Waals surface area contributed by atoms with E-state index in [1.807, 2.05) is 24.3 Å². The third kappa shape index (κ3) is 7.58. The van der Waals surface area contributed by atoms with Crippen LogP contribution in [0.25, 0.3) is 0 Å². The predicted octanol–water partition coefficient (Wildman–Crippen LogP) is 5.06. The summed E-state index contributed by atoms with van der Waals surface area (Å²) in [5.74, 6) is 1.59. The van der Waals surface area contributed by atoms with Crippen LogP contribution in [0.5, 0.6) is 5.75 Å². The Hall–Kier alpha value is -0.540. The molecule has 108 valence electrons. The largest absolute Gasteiger partial charge is 0.491 e. The molecule has 2 nitrogen and oxygen atoms in total. The zero-order valence-corrected chi connectivity index (χ0v) is 13.6. The number of ether oxygens (including phenoxy) is 2. The first-order chi connectivity index (χ1) is 9.26. The van der Waals surface area contributed by atoms with Gasteiger partial charge in [0, 0.05) is 11.1 Å². The van der Waals surface area contributed by atoms with E-state index in [9.17, 15) is 0 Å². The van der Waals surface area contributed by atoms with Crippen LogP contribution >= 0.6 is 15.9 Å². The van der Waals surface area contributed by atoms with Crippen molar-refractivity contribution in [2.24, 2.45) is 5.92 Å². The van der Waals surface area contributed by atoms with Gasteiger partial charge in [-0.25, -0.2) is 0 Å². The first-order valence-electron chi connectivity index (χ1n) is 7.22. The lowest BCUT2D eigenvalue weighted by Crippen LogP contribution is -2.13. The van der Waals surface area contributed by atoms with E-state index in [0.29, 0.717) is 19.1 Å². The van der Waals surface area contributed by atoms with Crippen molar-refractivity contribution in [3.8, 4) is 5.75 Å². The maximum Gasteiger partial charge on any atom is 0.119 e. The highest BCUT2D eigenvalue weighted by Crippen LogP contribution is 2.16. The van der Waals surface area contributed by atoms with Gasteiger partial charge < -0.3 is 9.47 Å². The van der Waals surface area contributed by atoms with Crippen LogP contribution in [0.3, 0.4) is 0 Å². The second-order valence-corrected chi connectivity index (χ2v) is 5.71. The molecule has 0 aliphatic carbocycles. The standard InChI is InChI=1S/C16H25BrO2/c1-3-5-6-14(4-2)13-18-11-12-19-16-9-7-15(17)8-10-16/h7-10,14H,3-6,11-13H2,1-2H3.